The number of aromatic nitrogens is 1. The molecule has 1 aromatic heterocycles. The van der Waals surface area contributed by atoms with Gasteiger partial charge in [0.25, 0.3) is 0 Å². The van der Waals surface area contributed by atoms with E-state index in [0.29, 0.717) is 31.7 Å². The van der Waals surface area contributed by atoms with Crippen LogP contribution in [0.1, 0.15) is 29.3 Å². The minimum atomic E-state index is -0.264. The lowest BCUT2D eigenvalue weighted by Crippen LogP contribution is -2.33. The van der Waals surface area contributed by atoms with Gasteiger partial charge in [-0.05, 0) is 37.5 Å². The molecular formula is C18H19N3O2. The summed E-state index contributed by atoms with van der Waals surface area (Å²) in [4.78, 5) is 18.4. The number of ether oxygens (including phenoxy) is 1. The predicted molar refractivity (Wildman–Crippen MR) is 87.2 cm³/mol. The van der Waals surface area contributed by atoms with E-state index < -0.39 is 0 Å². The maximum Gasteiger partial charge on any atom is 0.409 e. The van der Waals surface area contributed by atoms with E-state index in [4.69, 9.17) is 9.72 Å². The van der Waals surface area contributed by atoms with Crippen LogP contribution in [0.25, 0.3) is 10.9 Å². The number of hydrogen-bond donors (Lipinski definition) is 0. The van der Waals surface area contributed by atoms with Crippen LogP contribution in [-0.2, 0) is 17.6 Å². The van der Waals surface area contributed by atoms with E-state index in [0.717, 1.165) is 28.6 Å². The summed E-state index contributed by atoms with van der Waals surface area (Å²) in [6.07, 6.45) is 1.19. The Morgan fingerprint density at radius 2 is 2.17 bits per heavy atom. The van der Waals surface area contributed by atoms with Gasteiger partial charge in [-0.1, -0.05) is 12.1 Å². The molecular weight excluding hydrogens is 290 g/mol. The highest BCUT2D eigenvalue weighted by molar-refractivity contribution is 5.88. The third kappa shape index (κ3) is 2.72. The Bertz CT molecular complexity index is 808. The molecule has 2 aromatic rings. The molecule has 0 N–H and O–H groups in total. The smallest absolute Gasteiger partial charge is 0.409 e. The number of rotatable bonds is 1. The lowest BCUT2D eigenvalue weighted by atomic mass is 9.97. The van der Waals surface area contributed by atoms with Crippen LogP contribution in [0.15, 0.2) is 18.2 Å². The summed E-state index contributed by atoms with van der Waals surface area (Å²) in [6.45, 7) is 5.50. The lowest BCUT2D eigenvalue weighted by Gasteiger charge is -2.18. The Labute approximate surface area is 135 Å². The Morgan fingerprint density at radius 3 is 2.91 bits per heavy atom. The molecule has 0 spiro atoms. The van der Waals surface area contributed by atoms with Crippen LogP contribution in [0.4, 0.5) is 4.79 Å². The van der Waals surface area contributed by atoms with Crippen molar-refractivity contribution in [2.24, 2.45) is 0 Å². The maximum absolute atomic E-state index is 12.0. The van der Waals surface area contributed by atoms with Gasteiger partial charge in [-0.2, -0.15) is 5.26 Å². The fourth-order valence-electron chi connectivity index (χ4n) is 3.17. The number of benzene rings is 1. The molecule has 118 valence electrons. The second-order valence-corrected chi connectivity index (χ2v) is 5.66. The van der Waals surface area contributed by atoms with E-state index >= 15 is 0 Å². The largest absolute Gasteiger partial charge is 0.450 e. The van der Waals surface area contributed by atoms with E-state index in [2.05, 4.69) is 13.0 Å². The maximum atomic E-state index is 12.0. The number of carbonyl (C=O) groups excluding carboxylic acids is 1. The molecule has 0 fully saturated rings. The fourth-order valence-corrected chi connectivity index (χ4v) is 3.17. The van der Waals surface area contributed by atoms with Gasteiger partial charge in [0.1, 0.15) is 6.07 Å². The number of nitriles is 1. The first-order valence-corrected chi connectivity index (χ1v) is 7.88. The summed E-state index contributed by atoms with van der Waals surface area (Å²) in [6, 6.07) is 7.91. The molecule has 0 aliphatic carbocycles. The number of nitrogens with zero attached hydrogens (tertiary/aromatic N) is 3. The van der Waals surface area contributed by atoms with Crippen molar-refractivity contribution < 1.29 is 9.53 Å². The van der Waals surface area contributed by atoms with Crippen molar-refractivity contribution in [2.45, 2.75) is 26.7 Å². The second-order valence-electron chi connectivity index (χ2n) is 5.66. The van der Waals surface area contributed by atoms with Crippen LogP contribution in [0.5, 0.6) is 0 Å². The summed E-state index contributed by atoms with van der Waals surface area (Å²) in [5, 5.41) is 10.3. The molecule has 1 aliphatic rings. The van der Waals surface area contributed by atoms with Crippen LogP contribution in [0.3, 0.4) is 0 Å². The van der Waals surface area contributed by atoms with Gasteiger partial charge in [-0.3, -0.25) is 4.98 Å². The van der Waals surface area contributed by atoms with Crippen molar-refractivity contribution in [3.05, 3.63) is 40.6 Å². The molecule has 5 heteroatoms. The number of hydrogen-bond acceptors (Lipinski definition) is 4. The van der Waals surface area contributed by atoms with Crippen molar-refractivity contribution in [2.75, 3.05) is 19.7 Å². The van der Waals surface area contributed by atoms with E-state index in [1.54, 1.807) is 11.0 Å². The Morgan fingerprint density at radius 1 is 1.39 bits per heavy atom. The van der Waals surface area contributed by atoms with Crippen LogP contribution in [0.2, 0.25) is 0 Å². The number of para-hydroxylation sites is 1. The number of fused-ring (bicyclic) bond motifs is 2. The number of amides is 1. The van der Waals surface area contributed by atoms with Crippen molar-refractivity contribution in [1.82, 2.24) is 9.88 Å². The third-order valence-corrected chi connectivity index (χ3v) is 4.38. The van der Waals surface area contributed by atoms with Gasteiger partial charge >= 0.3 is 6.09 Å². The zero-order valence-corrected chi connectivity index (χ0v) is 13.4. The molecule has 0 saturated carbocycles. The van der Waals surface area contributed by atoms with Gasteiger partial charge in [0, 0.05) is 30.6 Å². The van der Waals surface area contributed by atoms with Crippen LogP contribution < -0.4 is 0 Å². The minimum absolute atomic E-state index is 0.264. The molecule has 0 atom stereocenters. The third-order valence-electron chi connectivity index (χ3n) is 4.38. The molecule has 0 unspecified atom stereocenters. The number of carbonyl (C=O) groups is 1. The molecule has 3 rings (SSSR count). The van der Waals surface area contributed by atoms with Crippen LogP contribution >= 0.6 is 0 Å². The lowest BCUT2D eigenvalue weighted by molar-refractivity contribution is 0.109. The van der Waals surface area contributed by atoms with Gasteiger partial charge in [0.2, 0.25) is 0 Å². The van der Waals surface area contributed by atoms with Crippen molar-refractivity contribution in [1.29, 1.82) is 5.26 Å². The molecule has 0 saturated heterocycles. The number of pyridine rings is 1. The summed E-state index contributed by atoms with van der Waals surface area (Å²) in [7, 11) is 0. The van der Waals surface area contributed by atoms with Gasteiger partial charge in [-0.15, -0.1) is 0 Å². The normalized spacial score (nSPS) is 14.0. The zero-order chi connectivity index (χ0) is 16.4. The summed E-state index contributed by atoms with van der Waals surface area (Å²) in [5.41, 5.74) is 4.70. The average molecular weight is 309 g/mol. The minimum Gasteiger partial charge on any atom is -0.450 e. The molecule has 5 nitrogen and oxygen atoms in total. The van der Waals surface area contributed by atoms with E-state index in [1.807, 2.05) is 19.1 Å². The first kappa shape index (κ1) is 15.3. The van der Waals surface area contributed by atoms with Gasteiger partial charge in [0.05, 0.1) is 17.7 Å². The van der Waals surface area contributed by atoms with Crippen LogP contribution in [0, 0.1) is 18.3 Å². The van der Waals surface area contributed by atoms with Gasteiger partial charge < -0.3 is 9.64 Å². The molecule has 23 heavy (non-hydrogen) atoms. The van der Waals surface area contributed by atoms with Crippen LogP contribution in [-0.4, -0.2) is 35.7 Å². The van der Waals surface area contributed by atoms with Crippen molar-refractivity contribution in [3.63, 3.8) is 0 Å². The molecule has 2 heterocycles. The van der Waals surface area contributed by atoms with E-state index in [9.17, 15) is 10.1 Å². The highest BCUT2D eigenvalue weighted by Gasteiger charge is 2.22. The predicted octanol–water partition coefficient (Wildman–Crippen LogP) is 2.97. The van der Waals surface area contributed by atoms with E-state index in [1.165, 1.54) is 5.56 Å². The summed E-state index contributed by atoms with van der Waals surface area (Å²) in [5.74, 6) is 0. The first-order valence-electron chi connectivity index (χ1n) is 7.88. The summed E-state index contributed by atoms with van der Waals surface area (Å²) >= 11 is 0. The highest BCUT2D eigenvalue weighted by Crippen LogP contribution is 2.27. The fraction of sp³-hybridized carbons (Fsp3) is 0.389. The second kappa shape index (κ2) is 6.25. The molecule has 1 aliphatic heterocycles. The van der Waals surface area contributed by atoms with Gasteiger partial charge in [0.15, 0.2) is 0 Å². The first-order chi connectivity index (χ1) is 11.2. The zero-order valence-electron chi connectivity index (χ0n) is 13.4. The monoisotopic (exact) mass is 309 g/mol. The molecule has 0 bridgehead atoms. The Hall–Kier alpha value is -2.61. The van der Waals surface area contributed by atoms with Gasteiger partial charge in [-0.25, -0.2) is 4.79 Å². The Balaban J connectivity index is 2.02. The molecule has 1 amide bonds. The highest BCUT2D eigenvalue weighted by atomic mass is 16.6. The Kier molecular flexibility index (Phi) is 4.16. The quantitative estimate of drug-likeness (QED) is 0.812. The van der Waals surface area contributed by atoms with Crippen molar-refractivity contribution in [3.8, 4) is 6.07 Å². The average Bonchev–Trinajstić information content (AvgIpc) is 2.78. The SMILES string of the molecule is CCOC(=O)N1CCc2nc3c(C#N)cccc3c(C)c2CC1. The standard InChI is InChI=1S/C18H19N3O2/c1-3-23-18(22)21-9-7-14-12(2)15-6-4-5-13(11-19)17(15)20-16(14)8-10-21/h4-6H,3,7-10H2,1-2H3. The van der Waals surface area contributed by atoms with Crippen molar-refractivity contribution >= 4 is 17.0 Å². The topological polar surface area (TPSA) is 66.2 Å². The number of aryl methyl sites for hydroxylation is 1. The molecule has 1 aromatic carbocycles. The molecule has 0 radical (unpaired) electrons. The van der Waals surface area contributed by atoms with E-state index in [-0.39, 0.29) is 6.09 Å². The summed E-state index contributed by atoms with van der Waals surface area (Å²) < 4.78 is 5.10.